The van der Waals surface area contributed by atoms with Gasteiger partial charge in [-0.15, -0.1) is 5.10 Å². The highest BCUT2D eigenvalue weighted by molar-refractivity contribution is 9.10. The number of nitrogens with zero attached hydrogens (tertiary/aromatic N) is 3. The SMILES string of the molecule is Cc1ccc(-c2nc3c(C)cc(Br)cn3n2)cc1. The molecule has 3 aromatic rings. The first-order chi connectivity index (χ1) is 8.63. The van der Waals surface area contributed by atoms with Gasteiger partial charge in [-0.25, -0.2) is 9.50 Å². The molecule has 0 atom stereocenters. The summed E-state index contributed by atoms with van der Waals surface area (Å²) in [6, 6.07) is 10.3. The topological polar surface area (TPSA) is 30.2 Å². The number of aryl methyl sites for hydroxylation is 2. The zero-order chi connectivity index (χ0) is 12.7. The normalized spacial score (nSPS) is 11.1. The minimum Gasteiger partial charge on any atom is -0.219 e. The Morgan fingerprint density at radius 2 is 1.83 bits per heavy atom. The molecule has 3 rings (SSSR count). The standard InChI is InChI=1S/C14H12BrN3/c1-9-3-5-11(6-4-9)13-16-14-10(2)7-12(15)8-18(14)17-13/h3-8H,1-2H3. The number of rotatable bonds is 1. The molecule has 0 fully saturated rings. The Morgan fingerprint density at radius 3 is 2.56 bits per heavy atom. The fraction of sp³-hybridized carbons (Fsp3) is 0.143. The molecule has 0 amide bonds. The average molecular weight is 302 g/mol. The van der Waals surface area contributed by atoms with E-state index < -0.39 is 0 Å². The van der Waals surface area contributed by atoms with Crippen molar-refractivity contribution in [1.82, 2.24) is 14.6 Å². The van der Waals surface area contributed by atoms with Gasteiger partial charge < -0.3 is 0 Å². The van der Waals surface area contributed by atoms with Crippen molar-refractivity contribution >= 4 is 21.6 Å². The number of fused-ring (bicyclic) bond motifs is 1. The van der Waals surface area contributed by atoms with Crippen molar-refractivity contribution in [3.8, 4) is 11.4 Å². The van der Waals surface area contributed by atoms with Gasteiger partial charge in [-0.2, -0.15) is 0 Å². The summed E-state index contributed by atoms with van der Waals surface area (Å²) in [7, 11) is 0. The van der Waals surface area contributed by atoms with Crippen LogP contribution in [0.2, 0.25) is 0 Å². The van der Waals surface area contributed by atoms with Gasteiger partial charge in [-0.3, -0.25) is 0 Å². The Balaban J connectivity index is 2.19. The molecule has 0 bridgehead atoms. The van der Waals surface area contributed by atoms with Gasteiger partial charge in [0, 0.05) is 16.2 Å². The summed E-state index contributed by atoms with van der Waals surface area (Å²) in [5.74, 6) is 0.760. The van der Waals surface area contributed by atoms with Crippen molar-refractivity contribution in [1.29, 1.82) is 0 Å². The van der Waals surface area contributed by atoms with E-state index in [0.717, 1.165) is 27.1 Å². The van der Waals surface area contributed by atoms with Crippen molar-refractivity contribution in [2.45, 2.75) is 13.8 Å². The number of halogens is 1. The summed E-state index contributed by atoms with van der Waals surface area (Å²) in [5.41, 5.74) is 4.28. The number of benzene rings is 1. The lowest BCUT2D eigenvalue weighted by Crippen LogP contribution is -1.89. The van der Waals surface area contributed by atoms with Crippen LogP contribution in [-0.2, 0) is 0 Å². The summed E-state index contributed by atoms with van der Waals surface area (Å²) >= 11 is 3.47. The van der Waals surface area contributed by atoms with E-state index in [1.807, 2.05) is 23.7 Å². The van der Waals surface area contributed by atoms with Gasteiger partial charge in [0.1, 0.15) is 0 Å². The lowest BCUT2D eigenvalue weighted by molar-refractivity contribution is 0.955. The third kappa shape index (κ3) is 1.93. The molecule has 0 saturated heterocycles. The van der Waals surface area contributed by atoms with Gasteiger partial charge in [0.15, 0.2) is 11.5 Å². The second kappa shape index (κ2) is 4.21. The van der Waals surface area contributed by atoms with Crippen LogP contribution in [0.3, 0.4) is 0 Å². The van der Waals surface area contributed by atoms with E-state index in [1.54, 1.807) is 0 Å². The highest BCUT2D eigenvalue weighted by atomic mass is 79.9. The van der Waals surface area contributed by atoms with Crippen LogP contribution in [0.1, 0.15) is 11.1 Å². The molecular weight excluding hydrogens is 290 g/mol. The molecule has 3 nitrogen and oxygen atoms in total. The van der Waals surface area contributed by atoms with Crippen LogP contribution in [0.15, 0.2) is 41.0 Å². The second-order valence-corrected chi connectivity index (χ2v) is 5.33. The van der Waals surface area contributed by atoms with Gasteiger partial charge in [0.2, 0.25) is 0 Å². The van der Waals surface area contributed by atoms with Crippen LogP contribution in [0.4, 0.5) is 0 Å². The summed E-state index contributed by atoms with van der Waals surface area (Å²) in [5, 5.41) is 4.51. The zero-order valence-corrected chi connectivity index (χ0v) is 11.8. The van der Waals surface area contributed by atoms with Gasteiger partial charge in [0.25, 0.3) is 0 Å². The lowest BCUT2D eigenvalue weighted by atomic mass is 10.1. The van der Waals surface area contributed by atoms with Crippen molar-refractivity contribution in [3.05, 3.63) is 52.1 Å². The maximum atomic E-state index is 4.58. The fourth-order valence-electron chi connectivity index (χ4n) is 1.93. The van der Waals surface area contributed by atoms with Crippen LogP contribution in [-0.4, -0.2) is 14.6 Å². The second-order valence-electron chi connectivity index (χ2n) is 4.41. The highest BCUT2D eigenvalue weighted by Crippen LogP contribution is 2.20. The molecule has 2 heterocycles. The van der Waals surface area contributed by atoms with Crippen molar-refractivity contribution in [2.75, 3.05) is 0 Å². The van der Waals surface area contributed by atoms with E-state index in [2.05, 4.69) is 57.2 Å². The van der Waals surface area contributed by atoms with Gasteiger partial charge in [-0.1, -0.05) is 29.8 Å². The van der Waals surface area contributed by atoms with Gasteiger partial charge in [0.05, 0.1) is 0 Å². The minimum atomic E-state index is 0.760. The molecule has 0 aliphatic rings. The first kappa shape index (κ1) is 11.4. The highest BCUT2D eigenvalue weighted by Gasteiger charge is 2.08. The first-order valence-electron chi connectivity index (χ1n) is 5.73. The minimum absolute atomic E-state index is 0.760. The largest absolute Gasteiger partial charge is 0.219 e. The van der Waals surface area contributed by atoms with Gasteiger partial charge in [-0.05, 0) is 41.4 Å². The van der Waals surface area contributed by atoms with Gasteiger partial charge >= 0.3 is 0 Å². The monoisotopic (exact) mass is 301 g/mol. The average Bonchev–Trinajstić information content (AvgIpc) is 2.74. The number of hydrogen-bond donors (Lipinski definition) is 0. The van der Waals surface area contributed by atoms with E-state index in [0.29, 0.717) is 0 Å². The summed E-state index contributed by atoms with van der Waals surface area (Å²) < 4.78 is 2.82. The van der Waals surface area contributed by atoms with Crippen LogP contribution in [0, 0.1) is 13.8 Å². The molecule has 0 saturated carbocycles. The lowest BCUT2D eigenvalue weighted by Gasteiger charge is -1.96. The Kier molecular flexibility index (Phi) is 2.67. The first-order valence-corrected chi connectivity index (χ1v) is 6.52. The molecule has 18 heavy (non-hydrogen) atoms. The molecule has 0 spiro atoms. The van der Waals surface area contributed by atoms with E-state index in [9.17, 15) is 0 Å². The molecule has 90 valence electrons. The van der Waals surface area contributed by atoms with E-state index in [-0.39, 0.29) is 0 Å². The molecule has 4 heteroatoms. The number of aromatic nitrogens is 3. The van der Waals surface area contributed by atoms with E-state index in [1.165, 1.54) is 5.56 Å². The van der Waals surface area contributed by atoms with Crippen molar-refractivity contribution in [3.63, 3.8) is 0 Å². The quantitative estimate of drug-likeness (QED) is 0.685. The van der Waals surface area contributed by atoms with E-state index >= 15 is 0 Å². The third-order valence-corrected chi connectivity index (χ3v) is 3.33. The number of hydrogen-bond acceptors (Lipinski definition) is 2. The number of pyridine rings is 1. The third-order valence-electron chi connectivity index (χ3n) is 2.89. The predicted octanol–water partition coefficient (Wildman–Crippen LogP) is 3.78. The molecule has 0 unspecified atom stereocenters. The summed E-state index contributed by atoms with van der Waals surface area (Å²) in [6.07, 6.45) is 1.92. The summed E-state index contributed by atoms with van der Waals surface area (Å²) in [4.78, 5) is 4.58. The molecule has 0 radical (unpaired) electrons. The Hall–Kier alpha value is -1.68. The maximum Gasteiger partial charge on any atom is 0.182 e. The fourth-order valence-corrected chi connectivity index (χ4v) is 2.47. The van der Waals surface area contributed by atoms with Crippen LogP contribution in [0.5, 0.6) is 0 Å². The van der Waals surface area contributed by atoms with E-state index in [4.69, 9.17) is 0 Å². The maximum absolute atomic E-state index is 4.58. The van der Waals surface area contributed by atoms with Crippen LogP contribution >= 0.6 is 15.9 Å². The molecule has 0 N–H and O–H groups in total. The van der Waals surface area contributed by atoms with Crippen LogP contribution in [0.25, 0.3) is 17.0 Å². The molecular formula is C14H12BrN3. The smallest absolute Gasteiger partial charge is 0.182 e. The predicted molar refractivity (Wildman–Crippen MR) is 75.6 cm³/mol. The summed E-state index contributed by atoms with van der Waals surface area (Å²) in [6.45, 7) is 4.11. The molecule has 0 aliphatic carbocycles. The van der Waals surface area contributed by atoms with Crippen LogP contribution < -0.4 is 0 Å². The van der Waals surface area contributed by atoms with Crippen molar-refractivity contribution in [2.24, 2.45) is 0 Å². The Bertz CT molecular complexity index is 714. The Labute approximate surface area is 114 Å². The molecule has 0 aliphatic heterocycles. The van der Waals surface area contributed by atoms with Crippen molar-refractivity contribution < 1.29 is 0 Å². The zero-order valence-electron chi connectivity index (χ0n) is 10.2. The molecule has 2 aromatic heterocycles. The Morgan fingerprint density at radius 1 is 1.11 bits per heavy atom. The molecule has 1 aromatic carbocycles.